The summed E-state index contributed by atoms with van der Waals surface area (Å²) < 4.78 is 22.5. The van der Waals surface area contributed by atoms with Crippen LogP contribution in [0.15, 0.2) is 49.1 Å². The minimum atomic E-state index is -0.518. The van der Waals surface area contributed by atoms with E-state index in [1.807, 2.05) is 29.8 Å². The lowest BCUT2D eigenvalue weighted by molar-refractivity contribution is 0.428. The van der Waals surface area contributed by atoms with Crippen molar-refractivity contribution in [2.45, 2.75) is 0 Å². The number of benzene rings is 1. The van der Waals surface area contributed by atoms with Crippen LogP contribution in [-0.4, -0.2) is 45.7 Å². The lowest BCUT2D eigenvalue weighted by Gasteiger charge is -2.29. The van der Waals surface area contributed by atoms with Crippen LogP contribution in [0.25, 0.3) is 10.9 Å². The first-order valence-corrected chi connectivity index (χ1v) is 10.5. The van der Waals surface area contributed by atoms with Crippen molar-refractivity contribution >= 4 is 28.2 Å². The van der Waals surface area contributed by atoms with Gasteiger partial charge in [0.2, 0.25) is 5.88 Å². The molecule has 3 aromatic heterocycles. The van der Waals surface area contributed by atoms with E-state index >= 15 is 0 Å². The molecule has 4 heterocycles. The molecule has 10 heteroatoms. The van der Waals surface area contributed by atoms with Gasteiger partial charge in [-0.1, -0.05) is 0 Å². The molecule has 0 unspecified atom stereocenters. The van der Waals surface area contributed by atoms with E-state index in [9.17, 15) is 9.65 Å². The van der Waals surface area contributed by atoms with Crippen LogP contribution in [0.2, 0.25) is 0 Å². The Morgan fingerprint density at radius 1 is 1.12 bits per heavy atom. The number of aromatic nitrogens is 4. The number of anilines is 3. The molecule has 166 valence electrons. The molecular formula is C23H21FN8O. The highest BCUT2D eigenvalue weighted by Gasteiger charge is 2.18. The predicted molar refractivity (Wildman–Crippen MR) is 122 cm³/mol. The molecule has 1 aromatic carbocycles. The van der Waals surface area contributed by atoms with E-state index in [0.29, 0.717) is 11.2 Å². The summed E-state index contributed by atoms with van der Waals surface area (Å²) in [5.74, 6) is 0.170. The van der Waals surface area contributed by atoms with Gasteiger partial charge in [0.15, 0.2) is 22.9 Å². The van der Waals surface area contributed by atoms with Crippen LogP contribution in [0.1, 0.15) is 5.56 Å². The maximum atomic E-state index is 14.9. The van der Waals surface area contributed by atoms with Gasteiger partial charge in [-0.05, 0) is 30.3 Å². The molecule has 0 atom stereocenters. The average molecular weight is 444 g/mol. The molecule has 9 nitrogen and oxygen atoms in total. The zero-order chi connectivity index (χ0) is 22.8. The summed E-state index contributed by atoms with van der Waals surface area (Å²) in [7, 11) is 1.84. The molecule has 4 aromatic rings. The fourth-order valence-electron chi connectivity index (χ4n) is 3.81. The van der Waals surface area contributed by atoms with E-state index < -0.39 is 5.82 Å². The number of ether oxygens (including phenoxy) is 1. The van der Waals surface area contributed by atoms with E-state index in [0.717, 1.165) is 37.4 Å². The third-order valence-corrected chi connectivity index (χ3v) is 5.57. The second-order valence-corrected chi connectivity index (χ2v) is 7.62. The van der Waals surface area contributed by atoms with Crippen LogP contribution in [0.5, 0.6) is 11.6 Å². The summed E-state index contributed by atoms with van der Waals surface area (Å²) >= 11 is 0. The minimum Gasteiger partial charge on any atom is -0.434 e. The first-order valence-electron chi connectivity index (χ1n) is 10.5. The highest BCUT2D eigenvalue weighted by atomic mass is 19.1. The van der Waals surface area contributed by atoms with Crippen molar-refractivity contribution in [3.63, 3.8) is 0 Å². The molecule has 5 rings (SSSR count). The smallest absolute Gasteiger partial charge is 0.242 e. The highest BCUT2D eigenvalue weighted by Crippen LogP contribution is 2.32. The maximum Gasteiger partial charge on any atom is 0.242 e. The fourth-order valence-corrected chi connectivity index (χ4v) is 3.81. The minimum absolute atomic E-state index is 0.0200. The Balaban J connectivity index is 1.39. The number of aryl methyl sites for hydroxylation is 1. The van der Waals surface area contributed by atoms with Gasteiger partial charge in [-0.15, -0.1) is 0 Å². The van der Waals surface area contributed by atoms with Crippen molar-refractivity contribution in [3.8, 4) is 17.7 Å². The van der Waals surface area contributed by atoms with E-state index in [4.69, 9.17) is 4.74 Å². The fraction of sp³-hybridized carbons (Fsp3) is 0.217. The van der Waals surface area contributed by atoms with Crippen LogP contribution in [0.3, 0.4) is 0 Å². The molecule has 0 bridgehead atoms. The van der Waals surface area contributed by atoms with Gasteiger partial charge in [-0.2, -0.15) is 5.26 Å². The van der Waals surface area contributed by atoms with Crippen LogP contribution in [0.4, 0.5) is 21.7 Å². The number of hydrogen-bond donors (Lipinski definition) is 2. The first-order chi connectivity index (χ1) is 16.1. The Bertz CT molecular complexity index is 1340. The Labute approximate surface area is 189 Å². The van der Waals surface area contributed by atoms with Crippen LogP contribution < -0.4 is 20.3 Å². The third-order valence-electron chi connectivity index (χ3n) is 5.57. The van der Waals surface area contributed by atoms with Gasteiger partial charge in [0, 0.05) is 44.8 Å². The monoisotopic (exact) mass is 444 g/mol. The van der Waals surface area contributed by atoms with Gasteiger partial charge in [0.05, 0.1) is 17.4 Å². The second kappa shape index (κ2) is 8.72. The summed E-state index contributed by atoms with van der Waals surface area (Å²) in [6.45, 7) is 3.72. The van der Waals surface area contributed by atoms with Crippen molar-refractivity contribution in [1.82, 2.24) is 24.8 Å². The molecular weight excluding hydrogens is 423 g/mol. The van der Waals surface area contributed by atoms with Gasteiger partial charge in [-0.3, -0.25) is 0 Å². The quantitative estimate of drug-likeness (QED) is 0.483. The number of nitriles is 1. The largest absolute Gasteiger partial charge is 0.434 e. The summed E-state index contributed by atoms with van der Waals surface area (Å²) in [6, 6.07) is 10.8. The van der Waals surface area contributed by atoms with Crippen molar-refractivity contribution in [2.75, 3.05) is 36.4 Å². The van der Waals surface area contributed by atoms with Crippen molar-refractivity contribution in [1.29, 1.82) is 5.26 Å². The predicted octanol–water partition coefficient (Wildman–Crippen LogP) is 3.32. The summed E-state index contributed by atoms with van der Waals surface area (Å²) in [5.41, 5.74) is 1.82. The highest BCUT2D eigenvalue weighted by molar-refractivity contribution is 5.82. The lowest BCUT2D eigenvalue weighted by atomic mass is 10.2. The topological polar surface area (TPSA) is 104 Å². The van der Waals surface area contributed by atoms with E-state index in [1.54, 1.807) is 24.5 Å². The average Bonchev–Trinajstić information content (AvgIpc) is 3.23. The number of nitrogens with one attached hydrogen (secondary N) is 2. The van der Waals surface area contributed by atoms with Crippen LogP contribution in [-0.2, 0) is 7.05 Å². The number of nitrogens with zero attached hydrogens (tertiary/aromatic N) is 6. The molecule has 0 amide bonds. The molecule has 0 saturated carbocycles. The number of hydrogen-bond acceptors (Lipinski definition) is 8. The molecule has 0 aliphatic carbocycles. The number of fused-ring (bicyclic) bond motifs is 1. The first kappa shape index (κ1) is 20.7. The van der Waals surface area contributed by atoms with Crippen LogP contribution in [0, 0.1) is 17.1 Å². The molecule has 0 spiro atoms. The second-order valence-electron chi connectivity index (χ2n) is 7.62. The van der Waals surface area contributed by atoms with Crippen molar-refractivity contribution < 1.29 is 9.13 Å². The molecule has 1 aliphatic rings. The normalized spacial score (nSPS) is 13.7. The SMILES string of the molecule is Cn1ccc2c(F)c(Oc3ncnc(Nc4ccc(N5CCNCC5)cn4)c3C#N)ccc21. The molecule has 2 N–H and O–H groups in total. The standard InChI is InChI=1S/C23H21FN8O/c1-31-9-6-16-18(31)3-4-19(21(16)24)33-23-17(12-25)22(28-14-29-23)30-20-5-2-15(13-27-20)32-10-7-26-8-11-32/h2-6,9,13-14,26H,7-8,10-11H2,1H3,(H,27,28,29,30). The molecule has 1 fully saturated rings. The van der Waals surface area contributed by atoms with Crippen molar-refractivity contribution in [3.05, 3.63) is 60.4 Å². The van der Waals surface area contributed by atoms with Gasteiger partial charge in [-0.25, -0.2) is 19.3 Å². The zero-order valence-corrected chi connectivity index (χ0v) is 17.9. The molecule has 33 heavy (non-hydrogen) atoms. The Morgan fingerprint density at radius 3 is 2.73 bits per heavy atom. The Kier molecular flexibility index (Phi) is 5.46. The Morgan fingerprint density at radius 2 is 1.97 bits per heavy atom. The van der Waals surface area contributed by atoms with Crippen molar-refractivity contribution in [2.24, 2.45) is 7.05 Å². The summed E-state index contributed by atoms with van der Waals surface area (Å²) in [5, 5.41) is 16.5. The molecule has 0 radical (unpaired) electrons. The zero-order valence-electron chi connectivity index (χ0n) is 17.9. The number of rotatable bonds is 5. The van der Waals surface area contributed by atoms with Crippen LogP contribution >= 0.6 is 0 Å². The molecule has 1 aliphatic heterocycles. The number of piperazine rings is 1. The Hall–Kier alpha value is -4.23. The maximum absolute atomic E-state index is 14.9. The summed E-state index contributed by atoms with van der Waals surface area (Å²) in [4.78, 5) is 14.9. The van der Waals surface area contributed by atoms with E-state index in [1.165, 1.54) is 12.4 Å². The van der Waals surface area contributed by atoms with E-state index in [2.05, 4.69) is 30.5 Å². The lowest BCUT2D eigenvalue weighted by Crippen LogP contribution is -2.43. The van der Waals surface area contributed by atoms with Gasteiger partial charge < -0.3 is 24.8 Å². The number of halogens is 1. The number of pyridine rings is 1. The van der Waals surface area contributed by atoms with Gasteiger partial charge >= 0.3 is 0 Å². The van der Waals surface area contributed by atoms with E-state index in [-0.39, 0.29) is 23.0 Å². The third kappa shape index (κ3) is 4.02. The van der Waals surface area contributed by atoms with Gasteiger partial charge in [0.1, 0.15) is 18.2 Å². The molecule has 1 saturated heterocycles. The van der Waals surface area contributed by atoms with Gasteiger partial charge in [0.25, 0.3) is 0 Å². The summed E-state index contributed by atoms with van der Waals surface area (Å²) in [6.07, 6.45) is 4.81.